The van der Waals surface area contributed by atoms with Crippen molar-refractivity contribution >= 4 is 11.6 Å². The number of fused-ring (bicyclic) bond motifs is 1. The van der Waals surface area contributed by atoms with Crippen molar-refractivity contribution in [3.63, 3.8) is 0 Å². The van der Waals surface area contributed by atoms with Crippen molar-refractivity contribution in [2.24, 2.45) is 5.92 Å². The first-order chi connectivity index (χ1) is 13.4. The van der Waals surface area contributed by atoms with Crippen LogP contribution in [0.4, 0.5) is 23.2 Å². The zero-order valence-electron chi connectivity index (χ0n) is 14.3. The van der Waals surface area contributed by atoms with Crippen molar-refractivity contribution in [1.29, 1.82) is 0 Å². The highest BCUT2D eigenvalue weighted by Gasteiger charge is 2.29. The number of hydrogen-bond donors (Lipinski definition) is 1. The molecule has 3 aromatic rings. The molecule has 5 nitrogen and oxygen atoms in total. The largest absolute Gasteiger partial charge is 0.489 e. The maximum atomic E-state index is 13.8. The fourth-order valence-electron chi connectivity index (χ4n) is 3.07. The van der Waals surface area contributed by atoms with Gasteiger partial charge in [0.2, 0.25) is 5.91 Å². The Kier molecular flexibility index (Phi) is 4.50. The zero-order valence-corrected chi connectivity index (χ0v) is 14.3. The van der Waals surface area contributed by atoms with Crippen molar-refractivity contribution in [2.45, 2.75) is 6.42 Å². The minimum atomic E-state index is -0.818. The average molecular weight is 391 g/mol. The van der Waals surface area contributed by atoms with Crippen LogP contribution in [0.5, 0.6) is 5.75 Å². The molecule has 144 valence electrons. The molecule has 9 heteroatoms. The highest BCUT2D eigenvalue weighted by molar-refractivity contribution is 5.92. The number of rotatable bonds is 3. The third-order valence-corrected chi connectivity index (χ3v) is 4.37. The Bertz CT molecular complexity index is 1050. The predicted molar refractivity (Wildman–Crippen MR) is 91.2 cm³/mol. The summed E-state index contributed by atoms with van der Waals surface area (Å²) < 4.78 is 61.0. The third-order valence-electron chi connectivity index (χ3n) is 4.37. The summed E-state index contributed by atoms with van der Waals surface area (Å²) in [5.41, 5.74) is 0.0979. The minimum absolute atomic E-state index is 0.0618. The molecule has 1 aliphatic heterocycles. The Morgan fingerprint density at radius 1 is 1.14 bits per heavy atom. The number of carbonyl (C=O) groups is 1. The van der Waals surface area contributed by atoms with Gasteiger partial charge in [-0.2, -0.15) is 5.10 Å². The molecule has 28 heavy (non-hydrogen) atoms. The number of para-hydroxylation sites is 1. The Balaban J connectivity index is 1.50. The molecule has 2 aromatic carbocycles. The van der Waals surface area contributed by atoms with Gasteiger partial charge in [-0.15, -0.1) is 0 Å². The van der Waals surface area contributed by atoms with Gasteiger partial charge in [-0.1, -0.05) is 6.07 Å². The van der Waals surface area contributed by atoms with Crippen LogP contribution >= 0.6 is 0 Å². The molecule has 4 rings (SSSR count). The molecule has 0 spiro atoms. The third kappa shape index (κ3) is 3.30. The molecule has 0 fully saturated rings. The number of ether oxygens (including phenoxy) is 1. The summed E-state index contributed by atoms with van der Waals surface area (Å²) in [6.45, 7) is -0.0858. The lowest BCUT2D eigenvalue weighted by Gasteiger charge is -2.24. The van der Waals surface area contributed by atoms with Gasteiger partial charge >= 0.3 is 0 Å². The van der Waals surface area contributed by atoms with Crippen molar-refractivity contribution in [3.8, 4) is 11.4 Å². The molecule has 1 atom stereocenters. The van der Waals surface area contributed by atoms with E-state index in [9.17, 15) is 22.4 Å². The lowest BCUT2D eigenvalue weighted by molar-refractivity contribution is -0.121. The van der Waals surface area contributed by atoms with Gasteiger partial charge in [-0.25, -0.2) is 22.2 Å². The van der Waals surface area contributed by atoms with E-state index in [0.717, 1.165) is 28.9 Å². The van der Waals surface area contributed by atoms with Gasteiger partial charge in [-0.3, -0.25) is 4.79 Å². The first-order valence-corrected chi connectivity index (χ1v) is 8.33. The number of halogens is 4. The normalized spacial score (nSPS) is 15.6. The number of hydrogen-bond acceptors (Lipinski definition) is 3. The summed E-state index contributed by atoms with van der Waals surface area (Å²) in [5.74, 6) is -4.40. The van der Waals surface area contributed by atoms with Crippen LogP contribution in [0.1, 0.15) is 5.56 Å². The van der Waals surface area contributed by atoms with Crippen LogP contribution in [0.15, 0.2) is 42.7 Å². The number of nitrogens with zero attached hydrogens (tertiary/aromatic N) is 2. The number of benzene rings is 2. The van der Waals surface area contributed by atoms with Gasteiger partial charge < -0.3 is 10.1 Å². The number of amides is 1. The lowest BCUT2D eigenvalue weighted by atomic mass is 9.95. The Labute approximate surface area is 156 Å². The summed E-state index contributed by atoms with van der Waals surface area (Å²) in [5, 5.41) is 6.42. The van der Waals surface area contributed by atoms with Crippen molar-refractivity contribution in [1.82, 2.24) is 9.78 Å². The van der Waals surface area contributed by atoms with E-state index in [4.69, 9.17) is 4.74 Å². The van der Waals surface area contributed by atoms with Crippen LogP contribution in [0.25, 0.3) is 5.69 Å². The second kappa shape index (κ2) is 6.99. The summed E-state index contributed by atoms with van der Waals surface area (Å²) >= 11 is 0. The monoisotopic (exact) mass is 391 g/mol. The van der Waals surface area contributed by atoms with Crippen molar-refractivity contribution < 1.29 is 27.1 Å². The summed E-state index contributed by atoms with van der Waals surface area (Å²) in [6, 6.07) is 5.25. The number of nitrogens with one attached hydrogen (secondary N) is 1. The summed E-state index contributed by atoms with van der Waals surface area (Å²) in [7, 11) is 0. The predicted octanol–water partition coefficient (Wildman–Crippen LogP) is 3.62. The molecule has 0 saturated carbocycles. The number of carbonyl (C=O) groups excluding carboxylic acids is 1. The average Bonchev–Trinajstić information content (AvgIpc) is 3.08. The molecule has 1 aromatic heterocycles. The minimum Gasteiger partial charge on any atom is -0.489 e. The summed E-state index contributed by atoms with van der Waals surface area (Å²) in [4.78, 5) is 12.5. The molecule has 0 radical (unpaired) electrons. The zero-order chi connectivity index (χ0) is 19.8. The highest BCUT2D eigenvalue weighted by Crippen LogP contribution is 2.31. The van der Waals surface area contributed by atoms with E-state index in [2.05, 4.69) is 10.4 Å². The van der Waals surface area contributed by atoms with Crippen LogP contribution in [-0.2, 0) is 11.2 Å². The maximum absolute atomic E-state index is 13.8. The first kappa shape index (κ1) is 18.0. The van der Waals surface area contributed by atoms with Crippen LogP contribution in [0.3, 0.4) is 0 Å². The van der Waals surface area contributed by atoms with Crippen LogP contribution < -0.4 is 10.1 Å². The Hall–Kier alpha value is -3.36. The van der Waals surface area contributed by atoms with Gasteiger partial charge in [0.25, 0.3) is 0 Å². The molecular weight excluding hydrogens is 378 g/mol. The SMILES string of the molecule is O=C(Nc1cnn(-c2c(F)cccc2F)c1)C1COc2c(F)cc(F)cc2C1. The molecular formula is C19H13F4N3O2. The molecule has 1 aliphatic rings. The van der Waals surface area contributed by atoms with E-state index in [-0.39, 0.29) is 35.7 Å². The molecule has 1 unspecified atom stereocenters. The smallest absolute Gasteiger partial charge is 0.231 e. The molecule has 1 amide bonds. The Morgan fingerprint density at radius 2 is 1.89 bits per heavy atom. The fourth-order valence-corrected chi connectivity index (χ4v) is 3.07. The molecule has 2 heterocycles. The van der Waals surface area contributed by atoms with Crippen LogP contribution in [0.2, 0.25) is 0 Å². The molecule has 0 bridgehead atoms. The van der Waals surface area contributed by atoms with E-state index in [1.807, 2.05) is 0 Å². The Morgan fingerprint density at radius 3 is 2.64 bits per heavy atom. The second-order valence-corrected chi connectivity index (χ2v) is 6.32. The van der Waals surface area contributed by atoms with Crippen LogP contribution in [0, 0.1) is 29.2 Å². The van der Waals surface area contributed by atoms with E-state index in [1.54, 1.807) is 0 Å². The molecule has 1 N–H and O–H groups in total. The van der Waals surface area contributed by atoms with E-state index in [1.165, 1.54) is 18.5 Å². The van der Waals surface area contributed by atoms with E-state index >= 15 is 0 Å². The number of aromatic nitrogens is 2. The van der Waals surface area contributed by atoms with E-state index in [0.29, 0.717) is 0 Å². The summed E-state index contributed by atoms with van der Waals surface area (Å²) in [6.07, 6.45) is 2.59. The van der Waals surface area contributed by atoms with Crippen LogP contribution in [-0.4, -0.2) is 22.3 Å². The molecule has 0 aliphatic carbocycles. The second-order valence-electron chi connectivity index (χ2n) is 6.32. The maximum Gasteiger partial charge on any atom is 0.231 e. The van der Waals surface area contributed by atoms with Crippen molar-refractivity contribution in [3.05, 3.63) is 71.6 Å². The molecule has 0 saturated heterocycles. The standard InChI is InChI=1S/C19H13F4N3O2/c20-12-5-10-4-11(9-28-18(10)16(23)6-12)19(27)25-13-7-24-26(8-13)17-14(21)2-1-3-15(17)22/h1-3,5-8,11H,4,9H2,(H,25,27). The van der Waals surface area contributed by atoms with Gasteiger partial charge in [0.15, 0.2) is 23.2 Å². The van der Waals surface area contributed by atoms with Gasteiger partial charge in [0, 0.05) is 11.6 Å². The topological polar surface area (TPSA) is 56.2 Å². The lowest BCUT2D eigenvalue weighted by Crippen LogP contribution is -2.33. The highest BCUT2D eigenvalue weighted by atomic mass is 19.1. The quantitative estimate of drug-likeness (QED) is 0.694. The first-order valence-electron chi connectivity index (χ1n) is 8.33. The van der Waals surface area contributed by atoms with Gasteiger partial charge in [-0.05, 0) is 24.6 Å². The number of anilines is 1. The van der Waals surface area contributed by atoms with Gasteiger partial charge in [0.05, 0.1) is 24.0 Å². The van der Waals surface area contributed by atoms with Crippen molar-refractivity contribution in [2.75, 3.05) is 11.9 Å². The van der Waals surface area contributed by atoms with Gasteiger partial charge in [0.1, 0.15) is 18.1 Å². The fraction of sp³-hybridized carbons (Fsp3) is 0.158. The van der Waals surface area contributed by atoms with E-state index < -0.39 is 35.1 Å².